The maximum atomic E-state index is 6.26. The molecule has 1 heterocycles. The molecule has 2 rings (SSSR count). The Bertz CT molecular complexity index is 592. The summed E-state index contributed by atoms with van der Waals surface area (Å²) in [5.41, 5.74) is 6.68. The maximum Gasteiger partial charge on any atom is 0.301 e. The molecule has 1 atom stereocenters. The fourth-order valence-corrected chi connectivity index (χ4v) is 3.06. The number of hydrogen-bond acceptors (Lipinski definition) is 4. The molecule has 20 heavy (non-hydrogen) atoms. The number of hydrogen-bond donors (Lipinski definition) is 1. The molecule has 4 nitrogen and oxygen atoms in total. The third kappa shape index (κ3) is 2.28. The van der Waals surface area contributed by atoms with Gasteiger partial charge in [-0.15, -0.1) is 0 Å². The highest BCUT2D eigenvalue weighted by Gasteiger charge is 2.46. The van der Waals surface area contributed by atoms with Crippen LogP contribution >= 0.6 is 46.4 Å². The predicted octanol–water partition coefficient (Wildman–Crippen LogP) is 4.20. The molecule has 1 aliphatic heterocycles. The lowest BCUT2D eigenvalue weighted by Crippen LogP contribution is -2.29. The maximum absolute atomic E-state index is 6.26. The Labute approximate surface area is 136 Å². The van der Waals surface area contributed by atoms with Crippen LogP contribution in [0.2, 0.25) is 20.1 Å². The number of nitrogens with two attached hydrogens (primary N) is 1. The van der Waals surface area contributed by atoms with E-state index in [9.17, 15) is 0 Å². The van der Waals surface area contributed by atoms with Crippen LogP contribution in [-0.2, 0) is 15.4 Å². The van der Waals surface area contributed by atoms with Crippen molar-refractivity contribution in [1.82, 2.24) is 0 Å². The second-order valence-electron chi connectivity index (χ2n) is 4.14. The molecular weight excluding hydrogens is 346 g/mol. The second kappa shape index (κ2) is 5.87. The van der Waals surface area contributed by atoms with Gasteiger partial charge in [-0.3, -0.25) is 0 Å². The topological polar surface area (TPSA) is 56.8 Å². The molecule has 1 unspecified atom stereocenters. The van der Waals surface area contributed by atoms with Crippen molar-refractivity contribution in [3.63, 3.8) is 0 Å². The van der Waals surface area contributed by atoms with E-state index in [4.69, 9.17) is 61.6 Å². The number of halogens is 4. The zero-order valence-corrected chi connectivity index (χ0v) is 13.8. The Balaban J connectivity index is 2.73. The molecule has 1 aromatic rings. The number of ether oxygens (including phenoxy) is 2. The van der Waals surface area contributed by atoms with Gasteiger partial charge in [0, 0.05) is 12.7 Å². The van der Waals surface area contributed by atoms with Crippen molar-refractivity contribution in [3.05, 3.63) is 31.2 Å². The summed E-state index contributed by atoms with van der Waals surface area (Å²) in [6.07, 6.45) is 0.766. The number of methoxy groups -OCH3 is 1. The minimum absolute atomic E-state index is 0.114. The molecule has 2 N–H and O–H groups in total. The van der Waals surface area contributed by atoms with Gasteiger partial charge < -0.3 is 15.2 Å². The van der Waals surface area contributed by atoms with Crippen LogP contribution in [0.15, 0.2) is 4.99 Å². The SMILES string of the molecule is CCCOC1(OC)N=C(N)c2c(Cl)c(Cl)c(Cl)c(Cl)c21. The van der Waals surface area contributed by atoms with Crippen LogP contribution < -0.4 is 5.73 Å². The summed E-state index contributed by atoms with van der Waals surface area (Å²) < 4.78 is 11.1. The molecule has 0 aliphatic carbocycles. The van der Waals surface area contributed by atoms with Gasteiger partial charge in [0.2, 0.25) is 0 Å². The highest BCUT2D eigenvalue weighted by Crippen LogP contribution is 2.49. The Morgan fingerprint density at radius 3 is 2.25 bits per heavy atom. The van der Waals surface area contributed by atoms with Crippen molar-refractivity contribution in [2.24, 2.45) is 10.7 Å². The van der Waals surface area contributed by atoms with Crippen molar-refractivity contribution in [2.75, 3.05) is 13.7 Å². The minimum atomic E-state index is -1.44. The molecule has 0 amide bonds. The van der Waals surface area contributed by atoms with Gasteiger partial charge in [-0.05, 0) is 6.42 Å². The van der Waals surface area contributed by atoms with Crippen LogP contribution in [0.5, 0.6) is 0 Å². The second-order valence-corrected chi connectivity index (χ2v) is 5.65. The van der Waals surface area contributed by atoms with Gasteiger partial charge in [0.15, 0.2) is 0 Å². The van der Waals surface area contributed by atoms with E-state index in [2.05, 4.69) is 4.99 Å². The molecule has 0 fully saturated rings. The van der Waals surface area contributed by atoms with Crippen molar-refractivity contribution < 1.29 is 9.47 Å². The van der Waals surface area contributed by atoms with Crippen molar-refractivity contribution in [2.45, 2.75) is 19.3 Å². The first-order chi connectivity index (χ1) is 9.39. The molecule has 0 saturated heterocycles. The molecule has 0 radical (unpaired) electrons. The van der Waals surface area contributed by atoms with Gasteiger partial charge in [-0.2, -0.15) is 0 Å². The van der Waals surface area contributed by atoms with Gasteiger partial charge in [-0.1, -0.05) is 53.3 Å². The van der Waals surface area contributed by atoms with E-state index in [-0.39, 0.29) is 25.9 Å². The lowest BCUT2D eigenvalue weighted by molar-refractivity contribution is -0.223. The number of benzene rings is 1. The van der Waals surface area contributed by atoms with Gasteiger partial charge in [0.25, 0.3) is 0 Å². The van der Waals surface area contributed by atoms with Crippen LogP contribution in [0, 0.1) is 0 Å². The number of fused-ring (bicyclic) bond motifs is 1. The van der Waals surface area contributed by atoms with Gasteiger partial charge in [0.05, 0.1) is 32.3 Å². The molecule has 0 bridgehead atoms. The average Bonchev–Trinajstić information content (AvgIpc) is 2.74. The van der Waals surface area contributed by atoms with Gasteiger partial charge >= 0.3 is 5.91 Å². The standard InChI is InChI=1S/C12H12Cl4N2O2/c1-3-4-20-12(19-2)6-5(11(17)18-12)7(13)9(15)10(16)8(6)14/h3-4H2,1-2H3,(H2,17,18). The van der Waals surface area contributed by atoms with E-state index < -0.39 is 5.91 Å². The third-order valence-electron chi connectivity index (χ3n) is 2.89. The molecule has 8 heteroatoms. The Kier molecular flexibility index (Phi) is 4.74. The van der Waals surface area contributed by atoms with Crippen molar-refractivity contribution in [1.29, 1.82) is 0 Å². The van der Waals surface area contributed by atoms with Crippen LogP contribution in [0.3, 0.4) is 0 Å². The van der Waals surface area contributed by atoms with Crippen LogP contribution in [0.25, 0.3) is 0 Å². The highest BCUT2D eigenvalue weighted by atomic mass is 35.5. The molecule has 1 aliphatic rings. The Hall–Kier alpha value is -0.230. The number of amidine groups is 1. The van der Waals surface area contributed by atoms with Gasteiger partial charge in [-0.25, -0.2) is 4.99 Å². The quantitative estimate of drug-likeness (QED) is 0.499. The number of rotatable bonds is 4. The smallest absolute Gasteiger partial charge is 0.301 e. The fourth-order valence-electron chi connectivity index (χ4n) is 1.99. The summed E-state index contributed by atoms with van der Waals surface area (Å²) in [7, 11) is 1.44. The van der Waals surface area contributed by atoms with E-state index in [1.165, 1.54) is 7.11 Å². The minimum Gasteiger partial charge on any atom is -0.383 e. The Morgan fingerprint density at radius 1 is 1.10 bits per heavy atom. The lowest BCUT2D eigenvalue weighted by atomic mass is 10.1. The number of nitrogens with zero attached hydrogens (tertiary/aromatic N) is 1. The van der Waals surface area contributed by atoms with E-state index >= 15 is 0 Å². The summed E-state index contributed by atoms with van der Waals surface area (Å²) in [5, 5.41) is 0.579. The van der Waals surface area contributed by atoms with Crippen LogP contribution in [0.1, 0.15) is 24.5 Å². The monoisotopic (exact) mass is 356 g/mol. The summed E-state index contributed by atoms with van der Waals surface area (Å²) >= 11 is 24.6. The van der Waals surface area contributed by atoms with E-state index in [0.717, 1.165) is 6.42 Å². The van der Waals surface area contributed by atoms with E-state index in [0.29, 0.717) is 17.7 Å². The predicted molar refractivity (Wildman–Crippen MR) is 82.1 cm³/mol. The van der Waals surface area contributed by atoms with Crippen LogP contribution in [-0.4, -0.2) is 19.6 Å². The zero-order valence-electron chi connectivity index (χ0n) is 10.8. The first-order valence-corrected chi connectivity index (χ1v) is 7.32. The molecule has 110 valence electrons. The van der Waals surface area contributed by atoms with E-state index in [1.807, 2.05) is 6.92 Å². The number of aliphatic imine (C=N–C) groups is 1. The highest BCUT2D eigenvalue weighted by molar-refractivity contribution is 6.53. The molecule has 1 aromatic carbocycles. The summed E-state index contributed by atoms with van der Waals surface area (Å²) in [5.74, 6) is -1.30. The van der Waals surface area contributed by atoms with Gasteiger partial charge in [0.1, 0.15) is 5.84 Å². The molecule has 0 spiro atoms. The largest absolute Gasteiger partial charge is 0.383 e. The normalized spacial score (nSPS) is 21.0. The van der Waals surface area contributed by atoms with E-state index in [1.54, 1.807) is 0 Å². The third-order valence-corrected chi connectivity index (χ3v) is 4.69. The van der Waals surface area contributed by atoms with Crippen molar-refractivity contribution >= 4 is 52.2 Å². The first-order valence-electron chi connectivity index (χ1n) is 5.80. The van der Waals surface area contributed by atoms with Crippen LogP contribution in [0.4, 0.5) is 0 Å². The first kappa shape index (κ1) is 16.1. The molecular formula is C12H12Cl4N2O2. The average molecular weight is 358 g/mol. The fraction of sp³-hybridized carbons (Fsp3) is 0.417. The molecule has 0 aromatic heterocycles. The van der Waals surface area contributed by atoms with Crippen molar-refractivity contribution in [3.8, 4) is 0 Å². The zero-order chi connectivity index (χ0) is 15.1. The summed E-state index contributed by atoms with van der Waals surface area (Å²) in [4.78, 5) is 4.21. The Morgan fingerprint density at radius 2 is 1.70 bits per heavy atom. The summed E-state index contributed by atoms with van der Waals surface area (Å²) in [6, 6.07) is 0. The molecule has 0 saturated carbocycles. The lowest BCUT2D eigenvalue weighted by Gasteiger charge is -2.27. The summed E-state index contributed by atoms with van der Waals surface area (Å²) in [6.45, 7) is 2.36.